The fourth-order valence-corrected chi connectivity index (χ4v) is 4.75. The SMILES string of the molecule is NC(CCCCNC(=O)CCCCC1SCC2NC(=O)NC21)C(=O)O.NN. The number of rotatable bonds is 11. The summed E-state index contributed by atoms with van der Waals surface area (Å²) in [6.45, 7) is 0.561. The van der Waals surface area contributed by atoms with Gasteiger partial charge in [0, 0.05) is 24.0 Å². The molecule has 11 heteroatoms. The van der Waals surface area contributed by atoms with Gasteiger partial charge in [-0.1, -0.05) is 6.42 Å². The average Bonchev–Trinajstić information content (AvgIpc) is 3.19. The van der Waals surface area contributed by atoms with Crippen LogP contribution in [-0.4, -0.2) is 58.7 Å². The maximum Gasteiger partial charge on any atom is 0.320 e. The standard InChI is InChI=1S/C16H28N4O4S.H4N2/c17-10(15(22)23)5-3-4-8-18-13(21)7-2-1-6-12-14-11(9-25-12)19-16(24)20-14;1-2/h10-12,14H,1-9,17H2,(H,18,21)(H,22,23)(H2,19,20,24);1-2H2. The first kappa shape index (κ1) is 23.5. The second-order valence-corrected chi connectivity index (χ2v) is 7.93. The molecule has 4 unspecified atom stereocenters. The van der Waals surface area contributed by atoms with Gasteiger partial charge in [-0.3, -0.25) is 21.3 Å². The molecule has 2 fully saturated rings. The number of hydrogen-bond acceptors (Lipinski definition) is 7. The highest BCUT2D eigenvalue weighted by molar-refractivity contribution is 8.00. The van der Waals surface area contributed by atoms with E-state index in [2.05, 4.69) is 27.6 Å². The topological polar surface area (TPSA) is 186 Å². The molecule has 156 valence electrons. The van der Waals surface area contributed by atoms with Gasteiger partial charge in [-0.15, -0.1) is 0 Å². The highest BCUT2D eigenvalue weighted by Gasteiger charge is 2.42. The summed E-state index contributed by atoms with van der Waals surface area (Å²) >= 11 is 1.89. The third-order valence-corrected chi connectivity index (χ3v) is 6.17. The van der Waals surface area contributed by atoms with Gasteiger partial charge in [-0.2, -0.15) is 11.8 Å². The Bertz CT molecular complexity index is 496. The van der Waals surface area contributed by atoms with Crippen LogP contribution in [0.25, 0.3) is 0 Å². The van der Waals surface area contributed by atoms with Gasteiger partial charge >= 0.3 is 12.0 Å². The van der Waals surface area contributed by atoms with Crippen molar-refractivity contribution in [2.24, 2.45) is 17.4 Å². The molecule has 27 heavy (non-hydrogen) atoms. The molecule has 4 atom stereocenters. The van der Waals surface area contributed by atoms with E-state index in [1.165, 1.54) is 0 Å². The van der Waals surface area contributed by atoms with E-state index in [-0.39, 0.29) is 24.0 Å². The quantitative estimate of drug-likeness (QED) is 0.101. The lowest BCUT2D eigenvalue weighted by Crippen LogP contribution is -2.36. The van der Waals surface area contributed by atoms with E-state index in [0.717, 1.165) is 31.4 Å². The van der Waals surface area contributed by atoms with E-state index in [4.69, 9.17) is 10.8 Å². The van der Waals surface area contributed by atoms with E-state index >= 15 is 0 Å². The van der Waals surface area contributed by atoms with Gasteiger partial charge in [-0.25, -0.2) is 4.79 Å². The molecule has 0 spiro atoms. The smallest absolute Gasteiger partial charge is 0.320 e. The molecule has 0 bridgehead atoms. The van der Waals surface area contributed by atoms with Crippen molar-refractivity contribution in [3.05, 3.63) is 0 Å². The van der Waals surface area contributed by atoms with Crippen molar-refractivity contribution in [2.45, 2.75) is 68.3 Å². The van der Waals surface area contributed by atoms with Crippen LogP contribution in [0.3, 0.4) is 0 Å². The minimum Gasteiger partial charge on any atom is -0.480 e. The highest BCUT2D eigenvalue weighted by atomic mass is 32.2. The van der Waals surface area contributed by atoms with Crippen LogP contribution in [0, 0.1) is 0 Å². The van der Waals surface area contributed by atoms with Crippen LogP contribution in [0.5, 0.6) is 0 Å². The average molecular weight is 405 g/mol. The molecule has 0 aromatic carbocycles. The zero-order valence-corrected chi connectivity index (χ0v) is 16.3. The summed E-state index contributed by atoms with van der Waals surface area (Å²) < 4.78 is 0. The van der Waals surface area contributed by atoms with Gasteiger partial charge in [0.1, 0.15) is 6.04 Å². The van der Waals surface area contributed by atoms with Crippen molar-refractivity contribution in [3.63, 3.8) is 0 Å². The van der Waals surface area contributed by atoms with Crippen LogP contribution >= 0.6 is 11.8 Å². The minimum absolute atomic E-state index is 0.0373. The zero-order valence-electron chi connectivity index (χ0n) is 15.5. The lowest BCUT2D eigenvalue weighted by molar-refractivity contribution is -0.138. The van der Waals surface area contributed by atoms with Crippen LogP contribution < -0.4 is 33.4 Å². The Morgan fingerprint density at radius 1 is 1.22 bits per heavy atom. The van der Waals surface area contributed by atoms with Crippen LogP contribution in [-0.2, 0) is 9.59 Å². The predicted molar refractivity (Wildman–Crippen MR) is 105 cm³/mol. The summed E-state index contributed by atoms with van der Waals surface area (Å²) in [4.78, 5) is 33.7. The number of hydrogen-bond donors (Lipinski definition) is 7. The Hall–Kier alpha value is -1.56. The van der Waals surface area contributed by atoms with Crippen molar-refractivity contribution >= 4 is 29.7 Å². The van der Waals surface area contributed by atoms with Gasteiger partial charge in [-0.05, 0) is 32.1 Å². The normalized spacial score (nSPS) is 24.1. The Morgan fingerprint density at radius 2 is 1.96 bits per heavy atom. The first-order chi connectivity index (χ1) is 13.0. The number of fused-ring (bicyclic) bond motifs is 1. The molecule has 2 aliphatic rings. The van der Waals surface area contributed by atoms with Crippen molar-refractivity contribution < 1.29 is 19.5 Å². The first-order valence-electron chi connectivity index (χ1n) is 9.24. The number of urea groups is 1. The summed E-state index contributed by atoms with van der Waals surface area (Å²) in [7, 11) is 0. The second kappa shape index (κ2) is 12.8. The molecule has 2 aliphatic heterocycles. The van der Waals surface area contributed by atoms with Crippen molar-refractivity contribution in [1.29, 1.82) is 0 Å². The Labute approximate surface area is 163 Å². The molecule has 10 nitrogen and oxygen atoms in total. The monoisotopic (exact) mass is 404 g/mol. The van der Waals surface area contributed by atoms with Gasteiger partial charge in [0.05, 0.1) is 12.1 Å². The van der Waals surface area contributed by atoms with E-state index in [9.17, 15) is 14.4 Å². The van der Waals surface area contributed by atoms with E-state index in [1.807, 2.05) is 11.8 Å². The molecule has 2 heterocycles. The molecular formula is C16H32N6O4S. The first-order valence-corrected chi connectivity index (χ1v) is 10.3. The molecular weight excluding hydrogens is 372 g/mol. The van der Waals surface area contributed by atoms with Crippen LogP contribution in [0.1, 0.15) is 44.9 Å². The molecule has 0 aromatic rings. The third-order valence-electron chi connectivity index (χ3n) is 4.66. The molecule has 2 saturated heterocycles. The Balaban J connectivity index is 0.00000176. The number of nitrogens with two attached hydrogens (primary N) is 3. The lowest BCUT2D eigenvalue weighted by Gasteiger charge is -2.16. The summed E-state index contributed by atoms with van der Waals surface area (Å²) in [5.41, 5.74) is 5.42. The van der Waals surface area contributed by atoms with Crippen molar-refractivity contribution in [3.8, 4) is 0 Å². The summed E-state index contributed by atoms with van der Waals surface area (Å²) in [6, 6.07) is -0.406. The van der Waals surface area contributed by atoms with Gasteiger partial charge in [0.15, 0.2) is 0 Å². The molecule has 3 amide bonds. The number of hydrazine groups is 1. The van der Waals surface area contributed by atoms with Crippen LogP contribution in [0.15, 0.2) is 0 Å². The number of carbonyl (C=O) groups is 3. The Morgan fingerprint density at radius 3 is 2.67 bits per heavy atom. The maximum atomic E-state index is 11.8. The fraction of sp³-hybridized carbons (Fsp3) is 0.812. The van der Waals surface area contributed by atoms with E-state index in [1.54, 1.807) is 0 Å². The van der Waals surface area contributed by atoms with Crippen molar-refractivity contribution in [2.75, 3.05) is 12.3 Å². The van der Waals surface area contributed by atoms with E-state index < -0.39 is 12.0 Å². The molecule has 2 rings (SSSR count). The molecule has 0 aromatic heterocycles. The largest absolute Gasteiger partial charge is 0.480 e. The third kappa shape index (κ3) is 8.33. The predicted octanol–water partition coefficient (Wildman–Crippen LogP) is -0.771. The van der Waals surface area contributed by atoms with Crippen LogP contribution in [0.4, 0.5) is 4.79 Å². The van der Waals surface area contributed by atoms with Crippen molar-refractivity contribution in [1.82, 2.24) is 16.0 Å². The molecule has 0 saturated carbocycles. The number of carbonyl (C=O) groups excluding carboxylic acids is 2. The summed E-state index contributed by atoms with van der Waals surface area (Å²) in [5, 5.41) is 17.9. The van der Waals surface area contributed by atoms with Gasteiger partial charge < -0.3 is 26.8 Å². The zero-order chi connectivity index (χ0) is 20.2. The highest BCUT2D eigenvalue weighted by Crippen LogP contribution is 2.33. The fourth-order valence-electron chi connectivity index (χ4n) is 3.20. The summed E-state index contributed by atoms with van der Waals surface area (Å²) in [6.07, 6.45) is 5.18. The number of thioether (sulfide) groups is 1. The number of unbranched alkanes of at least 4 members (excludes halogenated alkanes) is 2. The molecule has 10 N–H and O–H groups in total. The maximum absolute atomic E-state index is 11.8. The number of nitrogens with one attached hydrogen (secondary N) is 3. The van der Waals surface area contributed by atoms with E-state index in [0.29, 0.717) is 31.1 Å². The number of carboxylic acids is 1. The van der Waals surface area contributed by atoms with Gasteiger partial charge in [0.2, 0.25) is 5.91 Å². The van der Waals surface area contributed by atoms with Crippen LogP contribution in [0.2, 0.25) is 0 Å². The number of aliphatic carboxylic acids is 1. The second-order valence-electron chi connectivity index (χ2n) is 6.66. The lowest BCUT2D eigenvalue weighted by atomic mass is 10.0. The van der Waals surface area contributed by atoms with Gasteiger partial charge in [0.25, 0.3) is 0 Å². The molecule has 0 radical (unpaired) electrons. The minimum atomic E-state index is -0.983. The Kier molecular flexibility index (Phi) is 11.1. The number of amides is 3. The number of carboxylic acid groups (broad SMARTS) is 1. The summed E-state index contributed by atoms with van der Waals surface area (Å²) in [5.74, 6) is 8.01. The molecule has 0 aliphatic carbocycles.